The molecule has 0 aliphatic carbocycles. The summed E-state index contributed by atoms with van der Waals surface area (Å²) in [6.07, 6.45) is 0.371. The highest BCUT2D eigenvalue weighted by atomic mass is 19.1. The molecule has 4 N–H and O–H groups in total. The highest BCUT2D eigenvalue weighted by Crippen LogP contribution is 2.36. The standard InChI is InChI=1S/C26H30FN7O4/c1-4-34(10-11-35)23(36)14-38-33-25-24-15(2)29-26(28)32-21(24)13-20(31-25)17-9-8-16(27)12-18(17)19-6-5-7-22(30-19)37-3/h5-9,12,20,35H,4,10-11,13-14H2,1-3H3,(H,31,33)(H2,28,29,32). The van der Waals surface area contributed by atoms with Crippen molar-refractivity contribution >= 4 is 17.7 Å². The smallest absolute Gasteiger partial charge is 0.251 e. The zero-order valence-corrected chi connectivity index (χ0v) is 21.4. The van der Waals surface area contributed by atoms with Crippen LogP contribution in [0, 0.1) is 12.7 Å². The predicted molar refractivity (Wildman–Crippen MR) is 139 cm³/mol. The Labute approximate surface area is 219 Å². The van der Waals surface area contributed by atoms with Crippen LogP contribution in [0.25, 0.3) is 11.3 Å². The monoisotopic (exact) mass is 523 g/mol. The molecular weight excluding hydrogens is 493 g/mol. The third-order valence-electron chi connectivity index (χ3n) is 6.14. The van der Waals surface area contributed by atoms with Crippen LogP contribution in [0.3, 0.4) is 0 Å². The number of hydroxylamine groups is 1. The van der Waals surface area contributed by atoms with E-state index in [0.29, 0.717) is 58.5 Å². The number of ether oxygens (including phenoxy) is 1. The second-order valence-corrected chi connectivity index (χ2v) is 8.57. The molecule has 1 amide bonds. The Morgan fingerprint density at radius 3 is 2.82 bits per heavy atom. The molecule has 3 heterocycles. The fraction of sp³-hybridized carbons (Fsp3) is 0.346. The molecule has 0 bridgehead atoms. The number of aryl methyl sites for hydroxylation is 1. The van der Waals surface area contributed by atoms with Crippen LogP contribution in [-0.4, -0.2) is 70.1 Å². The number of carbonyl (C=O) groups is 1. The average Bonchev–Trinajstić information content (AvgIpc) is 2.91. The van der Waals surface area contributed by atoms with Gasteiger partial charge in [0.2, 0.25) is 11.8 Å². The molecule has 38 heavy (non-hydrogen) atoms. The summed E-state index contributed by atoms with van der Waals surface area (Å²) in [5, 5.41) is 9.17. The van der Waals surface area contributed by atoms with Gasteiger partial charge in [0.25, 0.3) is 5.91 Å². The van der Waals surface area contributed by atoms with E-state index in [2.05, 4.69) is 20.4 Å². The van der Waals surface area contributed by atoms with E-state index in [1.807, 2.05) is 6.92 Å². The number of rotatable bonds is 9. The summed E-state index contributed by atoms with van der Waals surface area (Å²) in [4.78, 5) is 37.5. The first-order valence-electron chi connectivity index (χ1n) is 12.1. The first-order valence-corrected chi connectivity index (χ1v) is 12.1. The fourth-order valence-electron chi connectivity index (χ4n) is 4.37. The van der Waals surface area contributed by atoms with Crippen LogP contribution < -0.4 is 16.0 Å². The van der Waals surface area contributed by atoms with Gasteiger partial charge in [-0.1, -0.05) is 12.1 Å². The van der Waals surface area contributed by atoms with E-state index in [9.17, 15) is 9.18 Å². The van der Waals surface area contributed by atoms with E-state index in [1.165, 1.54) is 24.1 Å². The number of anilines is 1. The molecule has 0 saturated heterocycles. The molecule has 200 valence electrons. The van der Waals surface area contributed by atoms with E-state index in [-0.39, 0.29) is 31.6 Å². The molecule has 12 heteroatoms. The molecule has 0 radical (unpaired) electrons. The van der Waals surface area contributed by atoms with Gasteiger partial charge >= 0.3 is 0 Å². The van der Waals surface area contributed by atoms with Gasteiger partial charge in [0.1, 0.15) is 5.82 Å². The summed E-state index contributed by atoms with van der Waals surface area (Å²) in [5.41, 5.74) is 12.4. The number of aliphatic imine (C=N–C) groups is 1. The van der Waals surface area contributed by atoms with Crippen molar-refractivity contribution in [3.05, 3.63) is 64.7 Å². The number of pyridine rings is 1. The fourth-order valence-corrected chi connectivity index (χ4v) is 4.37. The van der Waals surface area contributed by atoms with Crippen molar-refractivity contribution in [3.8, 4) is 17.1 Å². The topological polar surface area (TPSA) is 148 Å². The number of hydrogen-bond acceptors (Lipinski definition) is 10. The Kier molecular flexibility index (Phi) is 8.44. The molecule has 1 aliphatic rings. The summed E-state index contributed by atoms with van der Waals surface area (Å²) in [7, 11) is 1.51. The molecular formula is C26H30FN7O4. The lowest BCUT2D eigenvalue weighted by Gasteiger charge is -2.26. The van der Waals surface area contributed by atoms with Crippen LogP contribution >= 0.6 is 0 Å². The summed E-state index contributed by atoms with van der Waals surface area (Å²) < 4.78 is 19.6. The number of nitrogens with one attached hydrogen (secondary N) is 1. The largest absolute Gasteiger partial charge is 0.481 e. The molecule has 1 aliphatic heterocycles. The Balaban J connectivity index is 1.70. The van der Waals surface area contributed by atoms with Crippen molar-refractivity contribution in [2.45, 2.75) is 26.3 Å². The number of nitrogens with zero attached hydrogens (tertiary/aromatic N) is 5. The molecule has 2 aromatic heterocycles. The van der Waals surface area contributed by atoms with Crippen LogP contribution in [0.15, 0.2) is 41.4 Å². The minimum atomic E-state index is -0.497. The molecule has 1 atom stereocenters. The van der Waals surface area contributed by atoms with Crippen LogP contribution in [0.5, 0.6) is 5.88 Å². The zero-order valence-electron chi connectivity index (χ0n) is 21.4. The van der Waals surface area contributed by atoms with Crippen molar-refractivity contribution < 1.29 is 23.9 Å². The molecule has 0 saturated carbocycles. The number of benzene rings is 1. The molecule has 0 spiro atoms. The van der Waals surface area contributed by atoms with Gasteiger partial charge in [0.05, 0.1) is 42.4 Å². The average molecular weight is 524 g/mol. The van der Waals surface area contributed by atoms with E-state index in [1.54, 1.807) is 31.2 Å². The second-order valence-electron chi connectivity index (χ2n) is 8.57. The number of aliphatic hydroxyl groups excluding tert-OH is 1. The van der Waals surface area contributed by atoms with Gasteiger partial charge in [-0.05, 0) is 37.6 Å². The van der Waals surface area contributed by atoms with Crippen molar-refractivity contribution in [1.29, 1.82) is 0 Å². The Bertz CT molecular complexity index is 1350. The minimum Gasteiger partial charge on any atom is -0.481 e. The van der Waals surface area contributed by atoms with E-state index in [4.69, 9.17) is 25.4 Å². The summed E-state index contributed by atoms with van der Waals surface area (Å²) in [6.45, 7) is 3.82. The SMILES string of the molecule is CCN(CCO)C(=O)CONC1=NC(c2ccc(F)cc2-c2cccc(OC)n2)Cc2nc(N)nc(C)c21. The number of amidine groups is 1. The van der Waals surface area contributed by atoms with Gasteiger partial charge in [-0.15, -0.1) is 0 Å². The molecule has 11 nitrogen and oxygen atoms in total. The van der Waals surface area contributed by atoms with Gasteiger partial charge in [-0.2, -0.15) is 0 Å². The summed E-state index contributed by atoms with van der Waals surface area (Å²) in [5.74, 6) is 0.125. The highest BCUT2D eigenvalue weighted by molar-refractivity contribution is 6.01. The lowest BCUT2D eigenvalue weighted by atomic mass is 9.91. The quantitative estimate of drug-likeness (QED) is 0.358. The van der Waals surface area contributed by atoms with E-state index in [0.717, 1.165) is 0 Å². The lowest BCUT2D eigenvalue weighted by molar-refractivity contribution is -0.137. The number of nitrogens with two attached hydrogens (primary N) is 1. The van der Waals surface area contributed by atoms with Crippen molar-refractivity contribution in [2.75, 3.05) is 39.1 Å². The van der Waals surface area contributed by atoms with Crippen molar-refractivity contribution in [2.24, 2.45) is 4.99 Å². The normalized spacial score (nSPS) is 14.4. The predicted octanol–water partition coefficient (Wildman–Crippen LogP) is 1.98. The molecule has 3 aromatic rings. The minimum absolute atomic E-state index is 0.119. The van der Waals surface area contributed by atoms with Gasteiger partial charge in [0, 0.05) is 31.1 Å². The molecule has 1 aromatic carbocycles. The number of halogens is 1. The van der Waals surface area contributed by atoms with Gasteiger partial charge < -0.3 is 20.5 Å². The Morgan fingerprint density at radius 2 is 2.08 bits per heavy atom. The number of carbonyl (C=O) groups excluding carboxylic acids is 1. The molecule has 4 rings (SSSR count). The van der Waals surface area contributed by atoms with Crippen molar-refractivity contribution in [1.82, 2.24) is 25.3 Å². The number of aliphatic hydroxyl groups is 1. The number of amides is 1. The number of fused-ring (bicyclic) bond motifs is 1. The van der Waals surface area contributed by atoms with Gasteiger partial charge in [-0.3, -0.25) is 14.6 Å². The maximum Gasteiger partial charge on any atom is 0.251 e. The third kappa shape index (κ3) is 5.87. The number of hydrogen-bond donors (Lipinski definition) is 3. The van der Waals surface area contributed by atoms with E-state index >= 15 is 0 Å². The molecule has 0 fully saturated rings. The van der Waals surface area contributed by atoms with Crippen molar-refractivity contribution in [3.63, 3.8) is 0 Å². The number of aromatic nitrogens is 3. The maximum atomic E-state index is 14.4. The lowest BCUT2D eigenvalue weighted by Crippen LogP contribution is -2.39. The summed E-state index contributed by atoms with van der Waals surface area (Å²) >= 11 is 0. The van der Waals surface area contributed by atoms with Gasteiger partial charge in [-0.25, -0.2) is 24.8 Å². The van der Waals surface area contributed by atoms with Crippen LogP contribution in [-0.2, 0) is 16.1 Å². The Hall–Kier alpha value is -4.16. The van der Waals surface area contributed by atoms with E-state index < -0.39 is 11.9 Å². The number of likely N-dealkylation sites (N-methyl/N-ethyl adjacent to an activating group) is 1. The first kappa shape index (κ1) is 26.9. The third-order valence-corrected chi connectivity index (χ3v) is 6.14. The number of methoxy groups -OCH3 is 1. The summed E-state index contributed by atoms with van der Waals surface area (Å²) in [6, 6.07) is 9.20. The van der Waals surface area contributed by atoms with Crippen LogP contribution in [0.1, 0.15) is 35.5 Å². The second kappa shape index (κ2) is 11.9. The highest BCUT2D eigenvalue weighted by Gasteiger charge is 2.29. The maximum absolute atomic E-state index is 14.4. The zero-order chi connectivity index (χ0) is 27.2. The Morgan fingerprint density at radius 1 is 1.26 bits per heavy atom. The van der Waals surface area contributed by atoms with Crippen LogP contribution in [0.4, 0.5) is 10.3 Å². The van der Waals surface area contributed by atoms with Gasteiger partial charge in [0.15, 0.2) is 12.4 Å². The van der Waals surface area contributed by atoms with Crippen LogP contribution in [0.2, 0.25) is 0 Å². The first-order chi connectivity index (χ1) is 18.3. The molecule has 1 unspecified atom stereocenters. The number of nitrogen functional groups attached to an aromatic ring is 1.